The lowest BCUT2D eigenvalue weighted by atomic mass is 9.93. The van der Waals surface area contributed by atoms with E-state index in [1.807, 2.05) is 24.7 Å². The van der Waals surface area contributed by atoms with Gasteiger partial charge in [-0.15, -0.1) is 0 Å². The third kappa shape index (κ3) is 3.89. The largest absolute Gasteiger partial charge is 0.338 e. The van der Waals surface area contributed by atoms with Crippen molar-refractivity contribution in [3.8, 4) is 0 Å². The van der Waals surface area contributed by atoms with Crippen LogP contribution in [0.3, 0.4) is 0 Å². The Morgan fingerprint density at radius 2 is 2.00 bits per heavy atom. The molecule has 2 aromatic heterocycles. The molecule has 1 aliphatic heterocycles. The van der Waals surface area contributed by atoms with E-state index < -0.39 is 11.8 Å². The maximum atomic E-state index is 12.4. The number of carbonyl (C=O) groups is 2. The fraction of sp³-hybridized carbons (Fsp3) is 0.529. The molecule has 1 saturated heterocycles. The zero-order chi connectivity index (χ0) is 18.0. The summed E-state index contributed by atoms with van der Waals surface area (Å²) in [6.07, 6.45) is 6.43. The monoisotopic (exact) mass is 344 g/mol. The van der Waals surface area contributed by atoms with Gasteiger partial charge < -0.3 is 14.8 Å². The van der Waals surface area contributed by atoms with Crippen molar-refractivity contribution >= 4 is 17.6 Å². The molecular weight excluding hydrogens is 320 g/mol. The molecule has 2 amide bonds. The van der Waals surface area contributed by atoms with Gasteiger partial charge in [0.05, 0.1) is 5.69 Å². The lowest BCUT2D eigenvalue weighted by Crippen LogP contribution is -2.44. The van der Waals surface area contributed by atoms with Gasteiger partial charge in [0.2, 0.25) is 0 Å². The van der Waals surface area contributed by atoms with Gasteiger partial charge in [-0.1, -0.05) is 0 Å². The minimum atomic E-state index is -0.606. The van der Waals surface area contributed by atoms with E-state index in [1.54, 1.807) is 28.9 Å². The number of amides is 2. The summed E-state index contributed by atoms with van der Waals surface area (Å²) in [7, 11) is 3.72. The van der Waals surface area contributed by atoms with Crippen LogP contribution in [0.4, 0.5) is 5.82 Å². The second-order valence-electron chi connectivity index (χ2n) is 6.64. The van der Waals surface area contributed by atoms with Gasteiger partial charge in [-0.25, -0.2) is 4.98 Å². The first kappa shape index (κ1) is 17.2. The topological polar surface area (TPSA) is 85.0 Å². The first-order valence-electron chi connectivity index (χ1n) is 8.51. The van der Waals surface area contributed by atoms with E-state index in [2.05, 4.69) is 15.4 Å². The first-order valence-corrected chi connectivity index (χ1v) is 8.51. The van der Waals surface area contributed by atoms with Crippen LogP contribution >= 0.6 is 0 Å². The van der Waals surface area contributed by atoms with Gasteiger partial charge in [-0.05, 0) is 25.7 Å². The standard InChI is InChI=1S/C17H24N6O2/c1-12-10-15(22(3)20-12)19-16(24)17(25)23-7-4-13(5-8-23)11-14-18-6-9-21(14)2/h6,9-10,13H,4-5,7-8,11H2,1-3H3,(H,19,24). The molecular formula is C17H24N6O2. The number of nitrogens with zero attached hydrogens (tertiary/aromatic N) is 5. The van der Waals surface area contributed by atoms with Crippen LogP contribution in [-0.2, 0) is 30.1 Å². The van der Waals surface area contributed by atoms with Gasteiger partial charge in [-0.2, -0.15) is 5.10 Å². The number of carbonyl (C=O) groups excluding carboxylic acids is 2. The van der Waals surface area contributed by atoms with E-state index >= 15 is 0 Å². The quantitative estimate of drug-likeness (QED) is 0.838. The van der Waals surface area contributed by atoms with E-state index in [4.69, 9.17) is 0 Å². The summed E-state index contributed by atoms with van der Waals surface area (Å²) in [5.74, 6) is 1.00. The third-order valence-electron chi connectivity index (χ3n) is 4.73. The van der Waals surface area contributed by atoms with Gasteiger partial charge in [-0.3, -0.25) is 14.3 Å². The summed E-state index contributed by atoms with van der Waals surface area (Å²) in [6.45, 7) is 3.04. The van der Waals surface area contributed by atoms with Gasteiger partial charge in [0, 0.05) is 52.1 Å². The summed E-state index contributed by atoms with van der Waals surface area (Å²) in [5.41, 5.74) is 0.792. The second kappa shape index (κ2) is 7.08. The van der Waals surface area contributed by atoms with Crippen LogP contribution in [0.15, 0.2) is 18.5 Å². The fourth-order valence-electron chi connectivity index (χ4n) is 3.23. The van der Waals surface area contributed by atoms with Gasteiger partial charge in [0.15, 0.2) is 0 Å². The molecule has 1 fully saturated rings. The number of hydrogen-bond donors (Lipinski definition) is 1. The van der Waals surface area contributed by atoms with Crippen molar-refractivity contribution in [3.05, 3.63) is 30.0 Å². The normalized spacial score (nSPS) is 15.4. The molecule has 0 saturated carbocycles. The minimum Gasteiger partial charge on any atom is -0.338 e. The molecule has 0 spiro atoms. The Balaban J connectivity index is 1.51. The molecule has 0 bridgehead atoms. The van der Waals surface area contributed by atoms with Crippen molar-refractivity contribution in [2.24, 2.45) is 20.0 Å². The van der Waals surface area contributed by atoms with E-state index in [1.165, 1.54) is 0 Å². The van der Waals surface area contributed by atoms with Crippen molar-refractivity contribution in [3.63, 3.8) is 0 Å². The Kier molecular flexibility index (Phi) is 4.87. The number of rotatable bonds is 3. The Bertz CT molecular complexity index is 770. The zero-order valence-electron chi connectivity index (χ0n) is 14.9. The Morgan fingerprint density at radius 3 is 2.56 bits per heavy atom. The number of aryl methyl sites for hydroxylation is 3. The summed E-state index contributed by atoms with van der Waals surface area (Å²) >= 11 is 0. The lowest BCUT2D eigenvalue weighted by Gasteiger charge is -2.31. The van der Waals surface area contributed by atoms with Crippen LogP contribution in [0.25, 0.3) is 0 Å². The minimum absolute atomic E-state index is 0.478. The highest BCUT2D eigenvalue weighted by molar-refractivity contribution is 6.39. The molecule has 0 unspecified atom stereocenters. The van der Waals surface area contributed by atoms with E-state index in [0.29, 0.717) is 24.8 Å². The Morgan fingerprint density at radius 1 is 1.28 bits per heavy atom. The molecule has 0 aromatic carbocycles. The molecule has 0 radical (unpaired) electrons. The molecule has 1 N–H and O–H groups in total. The molecule has 3 rings (SSSR count). The van der Waals surface area contributed by atoms with Crippen molar-refractivity contribution in [2.75, 3.05) is 18.4 Å². The molecule has 1 aliphatic rings. The molecule has 3 heterocycles. The number of likely N-dealkylation sites (tertiary alicyclic amines) is 1. The van der Waals surface area contributed by atoms with Crippen molar-refractivity contribution in [1.29, 1.82) is 0 Å². The molecule has 8 heteroatoms. The SMILES string of the molecule is Cc1cc(NC(=O)C(=O)N2CCC(Cc3nccn3C)CC2)n(C)n1. The lowest BCUT2D eigenvalue weighted by molar-refractivity contribution is -0.144. The smallest absolute Gasteiger partial charge is 0.315 e. The van der Waals surface area contributed by atoms with E-state index in [-0.39, 0.29) is 0 Å². The third-order valence-corrected chi connectivity index (χ3v) is 4.73. The average molecular weight is 344 g/mol. The Hall–Kier alpha value is -2.64. The van der Waals surface area contributed by atoms with Gasteiger partial charge in [0.1, 0.15) is 11.6 Å². The van der Waals surface area contributed by atoms with Crippen LogP contribution in [0.2, 0.25) is 0 Å². The second-order valence-corrected chi connectivity index (χ2v) is 6.64. The average Bonchev–Trinajstić information content (AvgIpc) is 3.12. The zero-order valence-corrected chi connectivity index (χ0v) is 14.9. The highest BCUT2D eigenvalue weighted by Gasteiger charge is 2.28. The van der Waals surface area contributed by atoms with Crippen LogP contribution in [0, 0.1) is 12.8 Å². The summed E-state index contributed by atoms with van der Waals surface area (Å²) < 4.78 is 3.58. The van der Waals surface area contributed by atoms with Gasteiger partial charge >= 0.3 is 11.8 Å². The number of nitrogens with one attached hydrogen (secondary N) is 1. The van der Waals surface area contributed by atoms with Crippen LogP contribution in [-0.4, -0.2) is 49.1 Å². The van der Waals surface area contributed by atoms with Crippen LogP contribution in [0.1, 0.15) is 24.4 Å². The molecule has 0 aliphatic carbocycles. The number of anilines is 1. The summed E-state index contributed by atoms with van der Waals surface area (Å²) in [5, 5.41) is 6.80. The molecule has 134 valence electrons. The Labute approximate surface area is 146 Å². The first-order chi connectivity index (χ1) is 11.9. The number of imidazole rings is 1. The number of piperidine rings is 1. The maximum Gasteiger partial charge on any atom is 0.315 e. The fourth-order valence-corrected chi connectivity index (χ4v) is 3.23. The summed E-state index contributed by atoms with van der Waals surface area (Å²) in [6, 6.07) is 1.74. The van der Waals surface area contributed by atoms with Crippen molar-refractivity contribution in [1.82, 2.24) is 24.2 Å². The molecule has 25 heavy (non-hydrogen) atoms. The highest BCUT2D eigenvalue weighted by Crippen LogP contribution is 2.21. The van der Waals surface area contributed by atoms with Crippen LogP contribution in [0.5, 0.6) is 0 Å². The van der Waals surface area contributed by atoms with E-state index in [0.717, 1.165) is 30.8 Å². The molecule has 2 aromatic rings. The summed E-state index contributed by atoms with van der Waals surface area (Å²) in [4.78, 5) is 30.6. The predicted molar refractivity (Wildman–Crippen MR) is 92.8 cm³/mol. The van der Waals surface area contributed by atoms with E-state index in [9.17, 15) is 9.59 Å². The van der Waals surface area contributed by atoms with Crippen LogP contribution < -0.4 is 5.32 Å². The molecule has 0 atom stereocenters. The van der Waals surface area contributed by atoms with Gasteiger partial charge in [0.25, 0.3) is 0 Å². The predicted octanol–water partition coefficient (Wildman–Crippen LogP) is 0.882. The number of aromatic nitrogens is 4. The highest BCUT2D eigenvalue weighted by atomic mass is 16.2. The van der Waals surface area contributed by atoms with Crippen molar-refractivity contribution < 1.29 is 9.59 Å². The molecule has 8 nitrogen and oxygen atoms in total. The maximum absolute atomic E-state index is 12.4. The number of hydrogen-bond acceptors (Lipinski definition) is 4. The van der Waals surface area contributed by atoms with Crippen molar-refractivity contribution in [2.45, 2.75) is 26.2 Å².